The Morgan fingerprint density at radius 2 is 1.10 bits per heavy atom. The van der Waals surface area contributed by atoms with E-state index in [4.69, 9.17) is 4.98 Å². The Hall–Kier alpha value is -4.49. The molecular formula is C47H39N. The zero-order valence-corrected chi connectivity index (χ0v) is 27.3. The lowest BCUT2D eigenvalue weighted by molar-refractivity contribution is -0.212. The number of benzene rings is 5. The molecular weight excluding hydrogens is 579 g/mol. The third-order valence-corrected chi connectivity index (χ3v) is 14.6. The van der Waals surface area contributed by atoms with Gasteiger partial charge < -0.3 is 0 Å². The second kappa shape index (κ2) is 9.35. The Morgan fingerprint density at radius 3 is 1.81 bits per heavy atom. The van der Waals surface area contributed by atoms with Crippen molar-refractivity contribution in [1.29, 1.82) is 0 Å². The summed E-state index contributed by atoms with van der Waals surface area (Å²) in [5.41, 5.74) is 14.7. The lowest BCUT2D eigenvalue weighted by Crippen LogP contribution is -2.66. The molecule has 0 amide bonds. The first-order valence-electron chi connectivity index (χ1n) is 18.5. The van der Waals surface area contributed by atoms with Gasteiger partial charge in [0.25, 0.3) is 0 Å². The molecule has 0 unspecified atom stereocenters. The minimum absolute atomic E-state index is 0.455. The summed E-state index contributed by atoms with van der Waals surface area (Å²) >= 11 is 0. The summed E-state index contributed by atoms with van der Waals surface area (Å²) in [6.45, 7) is 0. The van der Waals surface area contributed by atoms with Gasteiger partial charge >= 0.3 is 0 Å². The lowest BCUT2D eigenvalue weighted by atomic mass is 9.32. The molecule has 8 aliphatic carbocycles. The van der Waals surface area contributed by atoms with Gasteiger partial charge in [0.05, 0.1) is 5.69 Å². The van der Waals surface area contributed by atoms with Gasteiger partial charge in [0, 0.05) is 17.3 Å². The zero-order valence-electron chi connectivity index (χ0n) is 27.3. The van der Waals surface area contributed by atoms with E-state index < -0.39 is 0 Å². The van der Waals surface area contributed by atoms with Gasteiger partial charge in [-0.3, -0.25) is 4.98 Å². The van der Waals surface area contributed by atoms with Crippen LogP contribution >= 0.6 is 0 Å². The quantitative estimate of drug-likeness (QED) is 0.191. The molecule has 8 bridgehead atoms. The van der Waals surface area contributed by atoms with Crippen LogP contribution in [0.25, 0.3) is 66.5 Å². The van der Waals surface area contributed by atoms with Crippen LogP contribution in [0.5, 0.6) is 0 Å². The summed E-state index contributed by atoms with van der Waals surface area (Å²) in [7, 11) is 0. The van der Waals surface area contributed by atoms with E-state index in [0.717, 1.165) is 58.2 Å². The van der Waals surface area contributed by atoms with E-state index in [1.807, 2.05) is 6.20 Å². The van der Waals surface area contributed by atoms with Crippen molar-refractivity contribution in [1.82, 2.24) is 4.98 Å². The molecule has 1 nitrogen and oxygen atoms in total. The Kier molecular flexibility index (Phi) is 5.15. The molecule has 0 saturated heterocycles. The maximum absolute atomic E-state index is 4.85. The normalized spacial score (nSPS) is 31.1. The van der Waals surface area contributed by atoms with Gasteiger partial charge in [-0.15, -0.1) is 0 Å². The van der Waals surface area contributed by atoms with Crippen LogP contribution in [-0.4, -0.2) is 4.98 Å². The van der Waals surface area contributed by atoms with Gasteiger partial charge in [0.15, 0.2) is 0 Å². The number of pyridine rings is 1. The van der Waals surface area contributed by atoms with Crippen LogP contribution in [0.3, 0.4) is 0 Å². The van der Waals surface area contributed by atoms with E-state index >= 15 is 0 Å². The zero-order chi connectivity index (χ0) is 31.1. The second-order valence-electron chi connectivity index (χ2n) is 16.5. The molecule has 1 heteroatoms. The third-order valence-electron chi connectivity index (χ3n) is 14.6. The largest absolute Gasteiger partial charge is 0.256 e. The smallest absolute Gasteiger partial charge is 0.0702 e. The molecule has 1 aromatic heterocycles. The molecule has 0 atom stereocenters. The van der Waals surface area contributed by atoms with Gasteiger partial charge in [-0.1, -0.05) is 103 Å². The standard InChI is InChI=1S/C47H39N/c1-2-5-29(6-3-1)45-18-12-31(26-48-45)33-16-17-37-34-15-11-30(22-41(34)36-8-4-7-35(33)46(36)37)28-9-13-32(14-10-28)47-23-42-38-19-27-20-39(42)44(25-47)40(21-27)43(38)24-47/h1-18,22,26-27,38-40,42-44H,19-21,23-25H2. The first-order chi connectivity index (χ1) is 23.7. The van der Waals surface area contributed by atoms with Crippen LogP contribution in [0.15, 0.2) is 121 Å². The lowest BCUT2D eigenvalue weighted by Gasteiger charge is -2.72. The summed E-state index contributed by atoms with van der Waals surface area (Å²) in [5, 5.41) is 2.67. The molecule has 0 N–H and O–H groups in total. The van der Waals surface area contributed by atoms with Crippen molar-refractivity contribution < 1.29 is 0 Å². The SMILES string of the molecule is c1ccc(-c2ccc(-c3ccc4c5c(cccc35)-c3cc(-c5ccc(C67CC8C9CC%10CC8C(C6)C(C%10)C9C7)cc5)ccc3-4)cn2)cc1. The predicted molar refractivity (Wildman–Crippen MR) is 196 cm³/mol. The Labute approximate surface area is 283 Å². The van der Waals surface area contributed by atoms with Gasteiger partial charge in [-0.25, -0.2) is 0 Å². The molecule has 232 valence electrons. The van der Waals surface area contributed by atoms with Crippen LogP contribution in [0.1, 0.15) is 44.1 Å². The van der Waals surface area contributed by atoms with E-state index in [1.165, 1.54) is 69.0 Å². The minimum atomic E-state index is 0.455. The van der Waals surface area contributed by atoms with Gasteiger partial charge in [-0.2, -0.15) is 0 Å². The molecule has 7 saturated carbocycles. The fourth-order valence-electron chi connectivity index (χ4n) is 12.9. The van der Waals surface area contributed by atoms with E-state index in [9.17, 15) is 0 Å². The fourth-order valence-corrected chi connectivity index (χ4v) is 12.9. The first-order valence-corrected chi connectivity index (χ1v) is 18.5. The van der Waals surface area contributed by atoms with Crippen LogP contribution in [0.4, 0.5) is 0 Å². The van der Waals surface area contributed by atoms with Crippen molar-refractivity contribution in [2.45, 2.75) is 43.9 Å². The minimum Gasteiger partial charge on any atom is -0.256 e. The molecule has 0 aliphatic heterocycles. The van der Waals surface area contributed by atoms with Crippen LogP contribution in [-0.2, 0) is 5.41 Å². The molecule has 5 aromatic carbocycles. The molecule has 1 heterocycles. The van der Waals surface area contributed by atoms with E-state index in [-0.39, 0.29) is 0 Å². The van der Waals surface area contributed by atoms with Crippen molar-refractivity contribution in [2.24, 2.45) is 41.4 Å². The predicted octanol–water partition coefficient (Wildman–Crippen LogP) is 11.8. The molecule has 14 rings (SSSR count). The molecule has 7 fully saturated rings. The van der Waals surface area contributed by atoms with Crippen LogP contribution < -0.4 is 0 Å². The van der Waals surface area contributed by atoms with E-state index in [2.05, 4.69) is 115 Å². The van der Waals surface area contributed by atoms with Crippen molar-refractivity contribution >= 4 is 10.8 Å². The third kappa shape index (κ3) is 3.45. The number of fused-ring (bicyclic) bond motifs is 3. The van der Waals surface area contributed by atoms with Gasteiger partial charge in [-0.05, 0) is 153 Å². The number of aromatic nitrogens is 1. The summed E-state index contributed by atoms with van der Waals surface area (Å²) < 4.78 is 0. The maximum atomic E-state index is 4.85. The first kappa shape index (κ1) is 26.5. The average molecular weight is 618 g/mol. The summed E-state index contributed by atoms with van der Waals surface area (Å²) in [6.07, 6.45) is 11.2. The highest BCUT2D eigenvalue weighted by molar-refractivity contribution is 6.19. The molecule has 6 aromatic rings. The van der Waals surface area contributed by atoms with Crippen molar-refractivity contribution in [3.63, 3.8) is 0 Å². The van der Waals surface area contributed by atoms with Crippen LogP contribution in [0.2, 0.25) is 0 Å². The fraction of sp³-hybridized carbons (Fsp3) is 0.298. The van der Waals surface area contributed by atoms with Crippen molar-refractivity contribution in [2.75, 3.05) is 0 Å². The number of hydrogen-bond acceptors (Lipinski definition) is 1. The Balaban J connectivity index is 0.876. The Morgan fingerprint density at radius 1 is 0.458 bits per heavy atom. The van der Waals surface area contributed by atoms with E-state index in [0.29, 0.717) is 5.41 Å². The van der Waals surface area contributed by atoms with Gasteiger partial charge in [0.1, 0.15) is 0 Å². The molecule has 8 aliphatic rings. The summed E-state index contributed by atoms with van der Waals surface area (Å²) in [5.74, 6) is 7.39. The van der Waals surface area contributed by atoms with Crippen molar-refractivity contribution in [3.05, 3.63) is 127 Å². The maximum Gasteiger partial charge on any atom is 0.0702 e. The monoisotopic (exact) mass is 617 g/mol. The second-order valence-corrected chi connectivity index (χ2v) is 16.5. The average Bonchev–Trinajstić information content (AvgIpc) is 3.48. The molecule has 0 radical (unpaired) electrons. The highest BCUT2D eigenvalue weighted by atomic mass is 14.7. The summed E-state index contributed by atoms with van der Waals surface area (Å²) in [6, 6.07) is 43.4. The molecule has 0 spiro atoms. The van der Waals surface area contributed by atoms with Crippen LogP contribution in [0, 0.1) is 41.4 Å². The number of rotatable bonds is 4. The summed E-state index contributed by atoms with van der Waals surface area (Å²) in [4.78, 5) is 4.85. The number of hydrogen-bond donors (Lipinski definition) is 0. The highest BCUT2D eigenvalue weighted by Crippen LogP contribution is 2.74. The van der Waals surface area contributed by atoms with E-state index in [1.54, 1.807) is 24.8 Å². The van der Waals surface area contributed by atoms with Crippen molar-refractivity contribution in [3.8, 4) is 55.8 Å². The molecule has 48 heavy (non-hydrogen) atoms. The number of nitrogens with zero attached hydrogens (tertiary/aromatic N) is 1. The van der Waals surface area contributed by atoms with Gasteiger partial charge in [0.2, 0.25) is 0 Å². The highest BCUT2D eigenvalue weighted by Gasteiger charge is 2.67. The topological polar surface area (TPSA) is 12.9 Å². The Bertz CT molecular complexity index is 2220.